The van der Waals surface area contributed by atoms with E-state index in [0.29, 0.717) is 0 Å². The van der Waals surface area contributed by atoms with Crippen molar-refractivity contribution in [1.29, 1.82) is 0 Å². The third-order valence-electron chi connectivity index (χ3n) is 4.07. The number of hydrogen-bond donors (Lipinski definition) is 0. The van der Waals surface area contributed by atoms with Crippen molar-refractivity contribution in [2.45, 2.75) is 27.2 Å². The molecule has 0 atom stereocenters. The molecule has 0 saturated heterocycles. The average molecular weight is 292 g/mol. The summed E-state index contributed by atoms with van der Waals surface area (Å²) in [6.07, 6.45) is 1.08. The first kappa shape index (κ1) is 14.1. The number of benzene rings is 2. The Morgan fingerprint density at radius 2 is 1.76 bits per heavy atom. The van der Waals surface area contributed by atoms with E-state index in [0.717, 1.165) is 12.0 Å². The molecular weight excluding hydrogens is 272 g/mol. The van der Waals surface area contributed by atoms with Gasteiger partial charge in [-0.15, -0.1) is 11.3 Å². The Bertz CT molecular complexity index is 801. The summed E-state index contributed by atoms with van der Waals surface area (Å²) < 4.78 is 1.36. The summed E-state index contributed by atoms with van der Waals surface area (Å²) in [5.41, 5.74) is 6.43. The minimum Gasteiger partial charge on any atom is -0.135 e. The van der Waals surface area contributed by atoms with E-state index in [4.69, 9.17) is 0 Å². The second kappa shape index (κ2) is 5.50. The van der Waals surface area contributed by atoms with Crippen LogP contribution >= 0.6 is 11.3 Å². The van der Waals surface area contributed by atoms with Crippen molar-refractivity contribution >= 4 is 27.0 Å². The molecule has 106 valence electrons. The maximum atomic E-state index is 4.37. The van der Waals surface area contributed by atoms with Crippen LogP contribution in [0.3, 0.4) is 0 Å². The Morgan fingerprint density at radius 1 is 1.05 bits per heavy atom. The third kappa shape index (κ3) is 2.54. The van der Waals surface area contributed by atoms with Crippen molar-refractivity contribution in [2.24, 2.45) is 0 Å². The van der Waals surface area contributed by atoms with E-state index in [1.165, 1.54) is 37.2 Å². The zero-order valence-corrected chi connectivity index (χ0v) is 13.7. The molecule has 0 aliphatic carbocycles. The SMILES string of the molecule is C=C(c1cc2ccc(CC)cc2s1)c1c(C)cccc1C. The smallest absolute Gasteiger partial charge is 0.0355 e. The minimum atomic E-state index is 1.08. The van der Waals surface area contributed by atoms with Crippen LogP contribution in [-0.2, 0) is 6.42 Å². The minimum absolute atomic E-state index is 1.08. The lowest BCUT2D eigenvalue weighted by atomic mass is 9.95. The van der Waals surface area contributed by atoms with Gasteiger partial charge in [0.2, 0.25) is 0 Å². The first-order chi connectivity index (χ1) is 10.1. The van der Waals surface area contributed by atoms with Crippen molar-refractivity contribution in [3.05, 3.63) is 76.2 Å². The van der Waals surface area contributed by atoms with Gasteiger partial charge in [-0.25, -0.2) is 0 Å². The number of rotatable bonds is 3. The molecule has 3 rings (SSSR count). The van der Waals surface area contributed by atoms with Crippen molar-refractivity contribution in [3.8, 4) is 0 Å². The van der Waals surface area contributed by atoms with Crippen LogP contribution in [0.15, 0.2) is 49.0 Å². The Balaban J connectivity index is 2.10. The summed E-state index contributed by atoms with van der Waals surface area (Å²) in [7, 11) is 0. The van der Waals surface area contributed by atoms with Crippen LogP contribution in [0, 0.1) is 13.8 Å². The number of hydrogen-bond acceptors (Lipinski definition) is 1. The second-order valence-electron chi connectivity index (χ2n) is 5.58. The van der Waals surface area contributed by atoms with Gasteiger partial charge in [0.25, 0.3) is 0 Å². The third-order valence-corrected chi connectivity index (χ3v) is 5.23. The Labute approximate surface area is 130 Å². The fourth-order valence-electron chi connectivity index (χ4n) is 2.86. The normalized spacial score (nSPS) is 11.0. The molecule has 1 heterocycles. The monoisotopic (exact) mass is 292 g/mol. The number of thiophene rings is 1. The van der Waals surface area contributed by atoms with Crippen LogP contribution < -0.4 is 0 Å². The topological polar surface area (TPSA) is 0 Å². The van der Waals surface area contributed by atoms with Gasteiger partial charge in [0, 0.05) is 9.58 Å². The van der Waals surface area contributed by atoms with Crippen molar-refractivity contribution in [3.63, 3.8) is 0 Å². The summed E-state index contributed by atoms with van der Waals surface area (Å²) in [6, 6.07) is 15.5. The molecule has 0 radical (unpaired) electrons. The number of fused-ring (bicyclic) bond motifs is 1. The highest BCUT2D eigenvalue weighted by Crippen LogP contribution is 2.35. The molecule has 1 heteroatoms. The maximum absolute atomic E-state index is 4.37. The van der Waals surface area contributed by atoms with Crippen molar-refractivity contribution in [1.82, 2.24) is 0 Å². The van der Waals surface area contributed by atoms with E-state index < -0.39 is 0 Å². The first-order valence-corrected chi connectivity index (χ1v) is 8.20. The van der Waals surface area contributed by atoms with Crippen LogP contribution in [-0.4, -0.2) is 0 Å². The molecule has 3 aromatic rings. The van der Waals surface area contributed by atoms with Gasteiger partial charge >= 0.3 is 0 Å². The molecule has 0 fully saturated rings. The highest BCUT2D eigenvalue weighted by atomic mass is 32.1. The summed E-state index contributed by atoms with van der Waals surface area (Å²) in [6.45, 7) is 10.9. The summed E-state index contributed by atoms with van der Waals surface area (Å²) in [5, 5.41) is 1.32. The Hall–Kier alpha value is -1.86. The van der Waals surface area contributed by atoms with E-state index in [1.54, 1.807) is 0 Å². The van der Waals surface area contributed by atoms with Crippen LogP contribution in [0.2, 0.25) is 0 Å². The lowest BCUT2D eigenvalue weighted by Crippen LogP contribution is -1.91. The molecule has 0 bridgehead atoms. The molecule has 1 aromatic heterocycles. The fourth-order valence-corrected chi connectivity index (χ4v) is 3.96. The Kier molecular flexibility index (Phi) is 3.69. The van der Waals surface area contributed by atoms with E-state index in [9.17, 15) is 0 Å². The molecular formula is C20H20S. The fraction of sp³-hybridized carbons (Fsp3) is 0.200. The quantitative estimate of drug-likeness (QED) is 0.543. The summed E-state index contributed by atoms with van der Waals surface area (Å²) in [5.74, 6) is 0. The zero-order valence-electron chi connectivity index (χ0n) is 12.9. The largest absolute Gasteiger partial charge is 0.135 e. The summed E-state index contributed by atoms with van der Waals surface area (Å²) in [4.78, 5) is 1.27. The van der Waals surface area contributed by atoms with Crippen LogP contribution in [0.25, 0.3) is 15.7 Å². The van der Waals surface area contributed by atoms with Gasteiger partial charge in [0.05, 0.1) is 0 Å². The van der Waals surface area contributed by atoms with Crippen LogP contribution in [0.1, 0.15) is 34.1 Å². The molecule has 2 aromatic carbocycles. The van der Waals surface area contributed by atoms with Gasteiger partial charge < -0.3 is 0 Å². The molecule has 0 unspecified atom stereocenters. The molecule has 0 spiro atoms. The standard InChI is InChI=1S/C20H20S/c1-5-16-9-10-17-12-18(21-19(17)11-16)15(4)20-13(2)7-6-8-14(20)3/h6-12H,4-5H2,1-3H3. The van der Waals surface area contributed by atoms with Crippen LogP contribution in [0.4, 0.5) is 0 Å². The predicted molar refractivity (Wildman–Crippen MR) is 95.3 cm³/mol. The lowest BCUT2D eigenvalue weighted by Gasteiger charge is -2.11. The molecule has 0 aliphatic rings. The van der Waals surface area contributed by atoms with E-state index in [-0.39, 0.29) is 0 Å². The van der Waals surface area contributed by atoms with Gasteiger partial charge in [-0.2, -0.15) is 0 Å². The Morgan fingerprint density at radius 3 is 2.43 bits per heavy atom. The highest BCUT2D eigenvalue weighted by Gasteiger charge is 2.11. The molecule has 21 heavy (non-hydrogen) atoms. The number of aryl methyl sites for hydroxylation is 3. The molecule has 0 nitrogen and oxygen atoms in total. The van der Waals surface area contributed by atoms with Gasteiger partial charge in [-0.3, -0.25) is 0 Å². The maximum Gasteiger partial charge on any atom is 0.0355 e. The molecule has 0 aliphatic heterocycles. The van der Waals surface area contributed by atoms with E-state index in [1.807, 2.05) is 11.3 Å². The average Bonchev–Trinajstić information content (AvgIpc) is 2.89. The van der Waals surface area contributed by atoms with Gasteiger partial charge in [-0.05, 0) is 65.6 Å². The highest BCUT2D eigenvalue weighted by molar-refractivity contribution is 7.20. The van der Waals surface area contributed by atoms with E-state index >= 15 is 0 Å². The van der Waals surface area contributed by atoms with Gasteiger partial charge in [-0.1, -0.05) is 43.8 Å². The molecule has 0 saturated carbocycles. The zero-order chi connectivity index (χ0) is 15.0. The van der Waals surface area contributed by atoms with Crippen molar-refractivity contribution in [2.75, 3.05) is 0 Å². The van der Waals surface area contributed by atoms with Crippen molar-refractivity contribution < 1.29 is 0 Å². The van der Waals surface area contributed by atoms with E-state index in [2.05, 4.69) is 69.8 Å². The molecule has 0 N–H and O–H groups in total. The second-order valence-corrected chi connectivity index (χ2v) is 6.67. The molecule has 0 amide bonds. The van der Waals surface area contributed by atoms with Gasteiger partial charge in [0.15, 0.2) is 0 Å². The first-order valence-electron chi connectivity index (χ1n) is 7.38. The lowest BCUT2D eigenvalue weighted by molar-refractivity contribution is 1.15. The summed E-state index contributed by atoms with van der Waals surface area (Å²) >= 11 is 1.85. The van der Waals surface area contributed by atoms with Crippen LogP contribution in [0.5, 0.6) is 0 Å². The van der Waals surface area contributed by atoms with Gasteiger partial charge in [0.1, 0.15) is 0 Å². The predicted octanol–water partition coefficient (Wildman–Crippen LogP) is 6.14.